The van der Waals surface area contributed by atoms with Gasteiger partial charge in [0.15, 0.2) is 11.2 Å². The molecule has 10 aromatic rings. The van der Waals surface area contributed by atoms with Crippen LogP contribution in [0.25, 0.3) is 43.9 Å². The second-order valence-electron chi connectivity index (χ2n) is 24.4. The van der Waals surface area contributed by atoms with Crippen LogP contribution >= 0.6 is 28.3 Å². The van der Waals surface area contributed by atoms with Crippen LogP contribution in [0.3, 0.4) is 0 Å². The number of hydrogen-bond acceptors (Lipinski definition) is 7. The van der Waals surface area contributed by atoms with Crippen molar-refractivity contribution in [3.8, 4) is 0 Å². The molecule has 2 N–H and O–H groups in total. The molecular weight excluding hydrogens is 1070 g/mol. The first-order chi connectivity index (χ1) is 36.5. The van der Waals surface area contributed by atoms with E-state index in [2.05, 4.69) is 242 Å². The number of rotatable bonds is 7. The van der Waals surface area contributed by atoms with Crippen LogP contribution < -0.4 is 15.3 Å². The Hall–Kier alpha value is -6.33. The van der Waals surface area contributed by atoms with Crippen LogP contribution in [0.4, 0.5) is 34.1 Å². The maximum Gasteiger partial charge on any atom is 0.492 e. The van der Waals surface area contributed by atoms with Gasteiger partial charge in [-0.05, 0) is 139 Å². The minimum atomic E-state index is -1.61. The van der Waals surface area contributed by atoms with Gasteiger partial charge in [-0.15, -0.1) is 12.4 Å². The van der Waals surface area contributed by atoms with Crippen molar-refractivity contribution >= 4 is 119 Å². The van der Waals surface area contributed by atoms with E-state index in [9.17, 15) is 10.0 Å². The normalized spacial score (nSPS) is 12.6. The molecular formula is C70H83BBrClN2O5. The highest BCUT2D eigenvalue weighted by atomic mass is 79.9. The lowest BCUT2D eigenvalue weighted by Gasteiger charge is -2.28. The molecule has 0 bridgehead atoms. The van der Waals surface area contributed by atoms with Crippen molar-refractivity contribution < 1.29 is 23.6 Å². The van der Waals surface area contributed by atoms with Crippen LogP contribution in [0.5, 0.6) is 0 Å². The average Bonchev–Trinajstić information content (AvgIpc) is 4.23. The molecule has 0 unspecified atom stereocenters. The van der Waals surface area contributed by atoms with Gasteiger partial charge in [0, 0.05) is 63.0 Å². The van der Waals surface area contributed by atoms with E-state index >= 15 is 0 Å². The standard InChI is InChI=1S/C32H34BNO3.C32H32BrNO.C4H8O.2CH4.ClH/c1-31(2,3)21-13-17-23(18-14-21)34(24-19-15-22(16-20-24)32(4,5)6)28-12-8-10-26-25-9-7-11-27(33(35)36)29(25)37-30(26)28;1-31(2,3)21-13-17-23(18-14-21)34(24-19-15-22(16-20-24)32(4,5)6)28-12-8-10-26-25-9-7-11-27(33)29(25)35-30(26)28;1-2-4-5-3-1;;;/h7-20,35-36H,1-6H3;7-20H,1-6H3;1-4H2;2*1H4;1H. The SMILES string of the molecule is C.C.C1CCOC1.CC(C)(C)c1ccc(N(c2ccc(C(C)(C)C)cc2)c2cccc3c2oc2c(B(O)O)cccc23)cc1.CC(C)(C)c1ccc(N(c2ccc(C(C)(C)C)cc2)c2cccc3c2oc2c(Br)cccc23)cc1.Cl. The number of ether oxygens (including phenoxy) is 1. The second kappa shape index (κ2) is 25.2. The fourth-order valence-corrected chi connectivity index (χ4v) is 10.4. The van der Waals surface area contributed by atoms with Crippen LogP contribution in [-0.2, 0) is 26.4 Å². The number of furan rings is 2. The smallest absolute Gasteiger partial charge is 0.454 e. The molecule has 10 heteroatoms. The largest absolute Gasteiger partial charge is 0.492 e. The van der Waals surface area contributed by atoms with Gasteiger partial charge in [-0.25, -0.2) is 0 Å². The highest BCUT2D eigenvalue weighted by molar-refractivity contribution is 9.10. The number of anilines is 6. The van der Waals surface area contributed by atoms with E-state index in [-0.39, 0.29) is 48.9 Å². The molecule has 0 aliphatic carbocycles. The quantitative estimate of drug-likeness (QED) is 0.154. The lowest BCUT2D eigenvalue weighted by atomic mass is 9.79. The molecule has 7 nitrogen and oxygen atoms in total. The van der Waals surface area contributed by atoms with Gasteiger partial charge in [0.2, 0.25) is 0 Å². The van der Waals surface area contributed by atoms with Crippen molar-refractivity contribution in [2.24, 2.45) is 0 Å². The van der Waals surface area contributed by atoms with Gasteiger partial charge in [-0.3, -0.25) is 0 Å². The topological polar surface area (TPSA) is 82.5 Å². The lowest BCUT2D eigenvalue weighted by molar-refractivity contribution is 0.198. The minimum absolute atomic E-state index is 0. The van der Waals surface area contributed by atoms with Gasteiger partial charge < -0.3 is 33.4 Å². The molecule has 80 heavy (non-hydrogen) atoms. The summed E-state index contributed by atoms with van der Waals surface area (Å²) >= 11 is 3.67. The van der Waals surface area contributed by atoms with E-state index in [0.717, 1.165) is 84.5 Å². The fraction of sp³-hybridized carbons (Fsp3) is 0.314. The molecule has 0 saturated carbocycles. The molecule has 1 aliphatic rings. The summed E-state index contributed by atoms with van der Waals surface area (Å²) in [5, 5.41) is 23.9. The van der Waals surface area contributed by atoms with Gasteiger partial charge in [-0.2, -0.15) is 0 Å². The summed E-state index contributed by atoms with van der Waals surface area (Å²) in [5.74, 6) is 0. The number of para-hydroxylation sites is 4. The van der Waals surface area contributed by atoms with Crippen molar-refractivity contribution in [3.63, 3.8) is 0 Å². The average molecular weight is 1160 g/mol. The van der Waals surface area contributed by atoms with Crippen molar-refractivity contribution in [1.29, 1.82) is 0 Å². The molecule has 1 saturated heterocycles. The first-order valence-corrected chi connectivity index (χ1v) is 27.8. The predicted molar refractivity (Wildman–Crippen MR) is 350 cm³/mol. The Balaban J connectivity index is 0.000000229. The van der Waals surface area contributed by atoms with Crippen LogP contribution in [0, 0.1) is 0 Å². The van der Waals surface area contributed by atoms with Gasteiger partial charge >= 0.3 is 7.12 Å². The van der Waals surface area contributed by atoms with E-state index in [1.165, 1.54) is 35.1 Å². The Bertz CT molecular complexity index is 3510. The van der Waals surface area contributed by atoms with Crippen molar-refractivity contribution in [2.75, 3.05) is 23.0 Å². The first kappa shape index (κ1) is 62.9. The van der Waals surface area contributed by atoms with E-state index < -0.39 is 7.12 Å². The number of fused-ring (bicyclic) bond motifs is 6. The van der Waals surface area contributed by atoms with Gasteiger partial charge in [0.25, 0.3) is 0 Å². The Morgan fingerprint density at radius 2 is 0.675 bits per heavy atom. The monoisotopic (exact) mass is 1160 g/mol. The van der Waals surface area contributed by atoms with Gasteiger partial charge in [-0.1, -0.05) is 201 Å². The summed E-state index contributed by atoms with van der Waals surface area (Å²) in [6, 6.07) is 59.3. The highest BCUT2D eigenvalue weighted by Gasteiger charge is 2.26. The maximum absolute atomic E-state index is 9.95. The highest BCUT2D eigenvalue weighted by Crippen LogP contribution is 2.46. The molecule has 3 heterocycles. The van der Waals surface area contributed by atoms with E-state index in [0.29, 0.717) is 16.6 Å². The third-order valence-electron chi connectivity index (χ3n) is 14.5. The number of halogens is 2. The van der Waals surface area contributed by atoms with E-state index in [1.807, 2.05) is 30.3 Å². The minimum Gasteiger partial charge on any atom is -0.454 e. The Kier molecular flexibility index (Phi) is 19.8. The zero-order valence-corrected chi connectivity index (χ0v) is 49.8. The van der Waals surface area contributed by atoms with Crippen LogP contribution in [-0.4, -0.2) is 30.4 Å². The van der Waals surface area contributed by atoms with E-state index in [1.54, 1.807) is 6.07 Å². The van der Waals surface area contributed by atoms with Crippen molar-refractivity contribution in [3.05, 3.63) is 197 Å². The summed E-state index contributed by atoms with van der Waals surface area (Å²) in [6.45, 7) is 28.8. The fourth-order valence-electron chi connectivity index (χ4n) is 9.96. The van der Waals surface area contributed by atoms with Crippen LogP contribution in [0.2, 0.25) is 0 Å². The predicted octanol–water partition coefficient (Wildman–Crippen LogP) is 20.2. The molecule has 420 valence electrons. The lowest BCUT2D eigenvalue weighted by Crippen LogP contribution is -2.29. The molecule has 0 amide bonds. The summed E-state index contributed by atoms with van der Waals surface area (Å²) < 4.78 is 18.8. The Labute approximate surface area is 491 Å². The summed E-state index contributed by atoms with van der Waals surface area (Å²) in [4.78, 5) is 4.51. The number of benzene rings is 8. The van der Waals surface area contributed by atoms with Crippen molar-refractivity contribution in [2.45, 2.75) is 132 Å². The third-order valence-corrected chi connectivity index (χ3v) is 15.2. The Morgan fingerprint density at radius 1 is 0.388 bits per heavy atom. The molecule has 8 aromatic carbocycles. The molecule has 2 aromatic heterocycles. The summed E-state index contributed by atoms with van der Waals surface area (Å²) in [5.41, 5.74) is 14.9. The number of hydrogen-bond donors (Lipinski definition) is 2. The maximum atomic E-state index is 9.95. The van der Waals surface area contributed by atoms with Crippen LogP contribution in [0.1, 0.15) is 133 Å². The molecule has 0 spiro atoms. The molecule has 0 atom stereocenters. The number of nitrogens with zero attached hydrogens (tertiary/aromatic N) is 2. The first-order valence-electron chi connectivity index (χ1n) is 27.0. The van der Waals surface area contributed by atoms with Gasteiger partial charge in [0.05, 0.1) is 15.8 Å². The summed E-state index contributed by atoms with van der Waals surface area (Å²) in [7, 11) is -1.61. The molecule has 11 rings (SSSR count). The molecule has 1 fully saturated rings. The second-order valence-corrected chi connectivity index (χ2v) is 25.3. The van der Waals surface area contributed by atoms with Gasteiger partial charge in [0.1, 0.15) is 11.2 Å². The molecule has 1 aliphatic heterocycles. The summed E-state index contributed by atoms with van der Waals surface area (Å²) in [6.07, 6.45) is 2.56. The Morgan fingerprint density at radius 3 is 0.975 bits per heavy atom. The van der Waals surface area contributed by atoms with Crippen molar-refractivity contribution in [1.82, 2.24) is 0 Å². The zero-order valence-electron chi connectivity index (χ0n) is 47.4. The molecule has 0 radical (unpaired) electrons. The zero-order chi connectivity index (χ0) is 55.0. The van der Waals surface area contributed by atoms with E-state index in [4.69, 9.17) is 13.6 Å². The third kappa shape index (κ3) is 13.5. The van der Waals surface area contributed by atoms with Crippen LogP contribution in [0.15, 0.2) is 183 Å².